The summed E-state index contributed by atoms with van der Waals surface area (Å²) in [5.41, 5.74) is -0.727. The zero-order chi connectivity index (χ0) is 21.6. The Bertz CT molecular complexity index is 495. The minimum atomic E-state index is -2.87. The third-order valence-corrected chi connectivity index (χ3v) is 11.0. The molecule has 29 heavy (non-hydrogen) atoms. The molecule has 0 saturated carbocycles. The number of rotatable bonds is 14. The average Bonchev–Trinajstić information content (AvgIpc) is 3.58. The largest absolute Gasteiger partial charge is 0.396 e. The first-order chi connectivity index (χ1) is 14.0. The van der Waals surface area contributed by atoms with E-state index in [9.17, 15) is 0 Å². The van der Waals surface area contributed by atoms with Gasteiger partial charge in [-0.1, -0.05) is 13.3 Å². The fourth-order valence-corrected chi connectivity index (χ4v) is 9.57. The molecule has 0 N–H and O–H groups in total. The highest BCUT2D eigenvalue weighted by molar-refractivity contribution is 6.71. The molecule has 2 aliphatic rings. The fraction of sp³-hybridized carbons (Fsp3) is 1.00. The topological polar surface area (TPSA) is 77.1 Å². The van der Waals surface area contributed by atoms with Gasteiger partial charge < -0.3 is 37.3 Å². The van der Waals surface area contributed by atoms with Crippen molar-refractivity contribution in [1.29, 1.82) is 0 Å². The van der Waals surface area contributed by atoms with Crippen molar-refractivity contribution < 1.29 is 37.3 Å². The lowest BCUT2D eigenvalue weighted by molar-refractivity contribution is -0.376. The van der Waals surface area contributed by atoms with Gasteiger partial charge in [0.2, 0.25) is 5.79 Å². The van der Waals surface area contributed by atoms with Crippen LogP contribution in [0.15, 0.2) is 0 Å². The molecular formula is C20H40O8Si. The molecule has 0 aromatic heterocycles. The molecule has 2 rings (SSSR count). The van der Waals surface area contributed by atoms with Crippen LogP contribution in [0.4, 0.5) is 0 Å². The second-order valence-corrected chi connectivity index (χ2v) is 11.4. The van der Waals surface area contributed by atoms with Crippen molar-refractivity contribution >= 4 is 8.56 Å². The van der Waals surface area contributed by atoms with E-state index in [1.54, 1.807) is 42.7 Å². The predicted octanol–water partition coefficient (Wildman–Crippen LogP) is 2.42. The molecule has 0 spiro atoms. The van der Waals surface area contributed by atoms with E-state index in [0.29, 0.717) is 38.5 Å². The summed E-state index contributed by atoms with van der Waals surface area (Å²) in [6.45, 7) is 4.17. The summed E-state index contributed by atoms with van der Waals surface area (Å²) >= 11 is 0. The van der Waals surface area contributed by atoms with Gasteiger partial charge >= 0.3 is 8.56 Å². The summed E-state index contributed by atoms with van der Waals surface area (Å²) in [5.74, 6) is -1.18. The van der Waals surface area contributed by atoms with E-state index < -0.39 is 25.2 Å². The van der Waals surface area contributed by atoms with Crippen molar-refractivity contribution in [2.45, 2.75) is 67.8 Å². The van der Waals surface area contributed by atoms with Crippen molar-refractivity contribution in [1.82, 2.24) is 0 Å². The highest BCUT2D eigenvalue weighted by Crippen LogP contribution is 2.57. The van der Waals surface area contributed by atoms with Gasteiger partial charge in [0.1, 0.15) is 11.7 Å². The molecule has 0 aromatic carbocycles. The molecule has 3 atom stereocenters. The maximum Gasteiger partial charge on any atom is 0.376 e. The molecule has 9 heteroatoms. The Labute approximate surface area is 176 Å². The number of hydrogen-bond acceptors (Lipinski definition) is 8. The number of hydrogen-bond donors (Lipinski definition) is 0. The van der Waals surface area contributed by atoms with Gasteiger partial charge in [0, 0.05) is 49.3 Å². The Balaban J connectivity index is 2.39. The third-order valence-electron chi connectivity index (χ3n) is 6.76. The molecule has 0 aliphatic carbocycles. The van der Waals surface area contributed by atoms with Gasteiger partial charge in [-0.05, 0) is 31.7 Å². The fourth-order valence-electron chi connectivity index (χ4n) is 5.32. The Hall–Kier alpha value is -0.103. The van der Waals surface area contributed by atoms with Gasteiger partial charge in [0.15, 0.2) is 5.22 Å². The Morgan fingerprint density at radius 1 is 0.931 bits per heavy atom. The highest BCUT2D eigenvalue weighted by Gasteiger charge is 2.79. The molecule has 2 aliphatic heterocycles. The molecule has 0 amide bonds. The number of methoxy groups -OCH3 is 4. The maximum atomic E-state index is 6.27. The normalized spacial score (nSPS) is 33.0. The Kier molecular flexibility index (Phi) is 9.09. The van der Waals surface area contributed by atoms with Crippen molar-refractivity contribution in [2.75, 3.05) is 62.5 Å². The van der Waals surface area contributed by atoms with Gasteiger partial charge in [0.25, 0.3) is 0 Å². The quantitative estimate of drug-likeness (QED) is 0.178. The van der Waals surface area contributed by atoms with Crippen LogP contribution in [-0.4, -0.2) is 93.8 Å². The van der Waals surface area contributed by atoms with Gasteiger partial charge in [-0.2, -0.15) is 0 Å². The summed E-state index contributed by atoms with van der Waals surface area (Å²) in [6.07, 6.45) is 3.96. The lowest BCUT2D eigenvalue weighted by Crippen LogP contribution is -2.84. The second kappa shape index (κ2) is 10.5. The lowest BCUT2D eigenvalue weighted by atomic mass is 9.79. The summed E-state index contributed by atoms with van der Waals surface area (Å²) in [7, 11) is 7.22. The molecular weight excluding hydrogens is 396 g/mol. The van der Waals surface area contributed by atoms with Crippen molar-refractivity contribution in [3.05, 3.63) is 0 Å². The van der Waals surface area contributed by atoms with Crippen molar-refractivity contribution in [3.8, 4) is 0 Å². The van der Waals surface area contributed by atoms with Crippen LogP contribution >= 0.6 is 0 Å². The first-order valence-corrected chi connectivity index (χ1v) is 12.5. The van der Waals surface area contributed by atoms with E-state index in [2.05, 4.69) is 6.92 Å². The third kappa shape index (κ3) is 4.06. The smallest absolute Gasteiger partial charge is 0.376 e. The van der Waals surface area contributed by atoms with Crippen LogP contribution in [0.5, 0.6) is 0 Å². The van der Waals surface area contributed by atoms with E-state index >= 15 is 0 Å². The molecule has 8 nitrogen and oxygen atoms in total. The van der Waals surface area contributed by atoms with Crippen LogP contribution in [0.1, 0.15) is 39.0 Å². The minimum Gasteiger partial charge on any atom is -0.396 e. The highest BCUT2D eigenvalue weighted by atomic mass is 28.4. The van der Waals surface area contributed by atoms with E-state index in [0.717, 1.165) is 19.4 Å². The van der Waals surface area contributed by atoms with E-state index in [4.69, 9.17) is 37.3 Å². The number of epoxide rings is 1. The van der Waals surface area contributed by atoms with Crippen LogP contribution in [0, 0.1) is 0 Å². The van der Waals surface area contributed by atoms with Crippen LogP contribution in [0.25, 0.3) is 0 Å². The lowest BCUT2D eigenvalue weighted by Gasteiger charge is -2.63. The summed E-state index contributed by atoms with van der Waals surface area (Å²) in [4.78, 5) is 0. The monoisotopic (exact) mass is 436 g/mol. The maximum absolute atomic E-state index is 6.27. The molecule has 2 saturated heterocycles. The summed E-state index contributed by atoms with van der Waals surface area (Å²) in [5, 5.41) is -0.904. The Morgan fingerprint density at radius 3 is 2.03 bits per heavy atom. The van der Waals surface area contributed by atoms with Crippen molar-refractivity contribution in [3.63, 3.8) is 0 Å². The predicted molar refractivity (Wildman–Crippen MR) is 110 cm³/mol. The van der Waals surface area contributed by atoms with E-state index in [-0.39, 0.29) is 6.10 Å². The molecule has 0 aromatic rings. The van der Waals surface area contributed by atoms with Crippen LogP contribution < -0.4 is 0 Å². The van der Waals surface area contributed by atoms with E-state index in [1.807, 2.05) is 0 Å². The molecule has 2 fully saturated rings. The first kappa shape index (κ1) is 25.2. The minimum absolute atomic E-state index is 0.263. The Morgan fingerprint density at radius 2 is 1.59 bits per heavy atom. The van der Waals surface area contributed by atoms with Crippen LogP contribution in [-0.2, 0) is 37.3 Å². The number of ether oxygens (including phenoxy) is 6. The van der Waals surface area contributed by atoms with Gasteiger partial charge in [0.05, 0.1) is 13.2 Å². The van der Waals surface area contributed by atoms with Gasteiger partial charge in [-0.3, -0.25) is 0 Å². The summed E-state index contributed by atoms with van der Waals surface area (Å²) in [6, 6.07) is 0.715. The van der Waals surface area contributed by atoms with Gasteiger partial charge in [-0.15, -0.1) is 0 Å². The zero-order valence-corrected chi connectivity index (χ0v) is 20.2. The second-order valence-electron chi connectivity index (χ2n) is 7.80. The van der Waals surface area contributed by atoms with Crippen LogP contribution in [0.2, 0.25) is 6.04 Å². The first-order valence-electron chi connectivity index (χ1n) is 10.5. The molecule has 172 valence electrons. The van der Waals surface area contributed by atoms with Crippen LogP contribution in [0.3, 0.4) is 0 Å². The van der Waals surface area contributed by atoms with Gasteiger partial charge in [-0.25, -0.2) is 0 Å². The molecule has 2 heterocycles. The SMILES string of the molecule is CCCC1(OC)C(OC)(OC)C(CCCOCC2CO2)(OC)CC[Si]1(OC)OC. The average molecular weight is 437 g/mol. The molecule has 0 bridgehead atoms. The summed E-state index contributed by atoms with van der Waals surface area (Å²) < 4.78 is 48.0. The zero-order valence-electron chi connectivity index (χ0n) is 19.2. The molecule has 0 radical (unpaired) electrons. The molecule has 3 unspecified atom stereocenters. The standard InChI is InChI=1S/C20H40O8Si/c1-8-10-19(22-3)20(23-4,24-5)18(21-2,12-14-29(19,25-6)26-7)11-9-13-27-15-17-16-28-17/h17H,8-16H2,1-7H3. The van der Waals surface area contributed by atoms with Crippen molar-refractivity contribution in [2.24, 2.45) is 0 Å². The van der Waals surface area contributed by atoms with E-state index in [1.165, 1.54) is 0 Å².